The molecular formula is C23H41N3O5. The molecule has 2 aliphatic rings. The molecule has 1 saturated heterocycles. The van der Waals surface area contributed by atoms with E-state index in [4.69, 9.17) is 4.74 Å². The summed E-state index contributed by atoms with van der Waals surface area (Å²) in [5, 5.41) is 18.0. The molecule has 1 aliphatic carbocycles. The van der Waals surface area contributed by atoms with Gasteiger partial charge < -0.3 is 25.8 Å². The molecule has 1 aliphatic heterocycles. The Morgan fingerprint density at radius 3 is 2.29 bits per heavy atom. The summed E-state index contributed by atoms with van der Waals surface area (Å²) in [6.07, 6.45) is 4.69. The fraction of sp³-hybridized carbons (Fsp3) is 0.870. The number of aliphatic hydroxyl groups is 1. The number of hydrogen-bond donors (Lipinski definition) is 4. The molecule has 31 heavy (non-hydrogen) atoms. The zero-order chi connectivity index (χ0) is 23.0. The molecule has 3 atom stereocenters. The maximum atomic E-state index is 12.9. The normalized spacial score (nSPS) is 25.8. The summed E-state index contributed by atoms with van der Waals surface area (Å²) in [6, 6.07) is -1.27. The summed E-state index contributed by atoms with van der Waals surface area (Å²) < 4.78 is 5.60. The third-order valence-corrected chi connectivity index (χ3v) is 6.55. The van der Waals surface area contributed by atoms with Crippen LogP contribution in [0.4, 0.5) is 4.79 Å². The van der Waals surface area contributed by atoms with E-state index in [2.05, 4.69) is 29.8 Å². The molecule has 178 valence electrons. The number of rotatable bonds is 10. The van der Waals surface area contributed by atoms with Crippen LogP contribution in [0.2, 0.25) is 0 Å². The predicted octanol–water partition coefficient (Wildman–Crippen LogP) is 2.35. The lowest BCUT2D eigenvalue weighted by molar-refractivity contribution is -0.126. The Bertz CT molecular complexity index is 602. The molecule has 1 saturated carbocycles. The summed E-state index contributed by atoms with van der Waals surface area (Å²) in [4.78, 5) is 37.1. The summed E-state index contributed by atoms with van der Waals surface area (Å²) >= 11 is 0. The molecule has 3 unspecified atom stereocenters. The van der Waals surface area contributed by atoms with E-state index in [1.54, 1.807) is 0 Å². The monoisotopic (exact) mass is 439 g/mol. The first-order valence-electron chi connectivity index (χ1n) is 11.9. The van der Waals surface area contributed by atoms with Crippen molar-refractivity contribution in [2.75, 3.05) is 13.2 Å². The van der Waals surface area contributed by atoms with E-state index in [0.717, 1.165) is 25.7 Å². The van der Waals surface area contributed by atoms with Crippen LogP contribution >= 0.6 is 0 Å². The molecule has 2 rings (SSSR count). The van der Waals surface area contributed by atoms with Gasteiger partial charge in [-0.05, 0) is 62.7 Å². The minimum Gasteiger partial charge on any atom is -0.446 e. The van der Waals surface area contributed by atoms with Gasteiger partial charge in [0, 0.05) is 12.5 Å². The second kappa shape index (κ2) is 12.3. The third-order valence-electron chi connectivity index (χ3n) is 6.55. The molecule has 0 aromatic heterocycles. The lowest BCUT2D eigenvalue weighted by atomic mass is 9.80. The van der Waals surface area contributed by atoms with E-state index in [1.807, 2.05) is 13.8 Å². The lowest BCUT2D eigenvalue weighted by Gasteiger charge is -2.31. The van der Waals surface area contributed by atoms with Crippen molar-refractivity contribution in [1.82, 2.24) is 16.0 Å². The van der Waals surface area contributed by atoms with Crippen molar-refractivity contribution in [2.24, 2.45) is 23.7 Å². The van der Waals surface area contributed by atoms with Crippen molar-refractivity contribution in [3.63, 3.8) is 0 Å². The Labute approximate surface area is 186 Å². The van der Waals surface area contributed by atoms with Crippen molar-refractivity contribution in [2.45, 2.75) is 90.8 Å². The Balaban J connectivity index is 1.87. The van der Waals surface area contributed by atoms with Gasteiger partial charge in [0.1, 0.15) is 12.1 Å². The quantitative estimate of drug-likeness (QED) is 0.417. The minimum atomic E-state index is -0.744. The molecule has 0 radical (unpaired) electrons. The van der Waals surface area contributed by atoms with Crippen LogP contribution in [0, 0.1) is 23.7 Å². The second-order valence-electron chi connectivity index (χ2n) is 9.91. The summed E-state index contributed by atoms with van der Waals surface area (Å²) in [5.41, 5.74) is 0. The van der Waals surface area contributed by atoms with E-state index in [-0.39, 0.29) is 36.4 Å². The number of nitrogens with one attached hydrogen (secondary N) is 3. The van der Waals surface area contributed by atoms with Gasteiger partial charge in [0.25, 0.3) is 0 Å². The average molecular weight is 440 g/mol. The highest BCUT2D eigenvalue weighted by Crippen LogP contribution is 2.31. The van der Waals surface area contributed by atoms with Gasteiger partial charge in [-0.25, -0.2) is 4.79 Å². The van der Waals surface area contributed by atoms with Gasteiger partial charge in [-0.15, -0.1) is 0 Å². The SMILES string of the molecule is CC(C)CC(NC(=O)OC1CCC(C(C)C)CC1)C(=O)NC(CO)CC1CCNC1=O. The molecule has 2 fully saturated rings. The Kier molecular flexibility index (Phi) is 10.1. The van der Waals surface area contributed by atoms with Crippen molar-refractivity contribution < 1.29 is 24.2 Å². The lowest BCUT2D eigenvalue weighted by Crippen LogP contribution is -2.52. The zero-order valence-corrected chi connectivity index (χ0v) is 19.5. The van der Waals surface area contributed by atoms with E-state index in [9.17, 15) is 19.5 Å². The first-order chi connectivity index (χ1) is 14.7. The van der Waals surface area contributed by atoms with Gasteiger partial charge in [0.05, 0.1) is 12.6 Å². The van der Waals surface area contributed by atoms with Crippen molar-refractivity contribution in [1.29, 1.82) is 0 Å². The Morgan fingerprint density at radius 1 is 1.10 bits per heavy atom. The molecule has 3 amide bonds. The highest BCUT2D eigenvalue weighted by molar-refractivity contribution is 5.86. The van der Waals surface area contributed by atoms with Gasteiger partial charge in [0.15, 0.2) is 0 Å². The molecule has 0 aromatic rings. The van der Waals surface area contributed by atoms with Crippen molar-refractivity contribution >= 4 is 17.9 Å². The van der Waals surface area contributed by atoms with Gasteiger partial charge in [-0.1, -0.05) is 27.7 Å². The van der Waals surface area contributed by atoms with Crippen LogP contribution in [-0.4, -0.2) is 54.4 Å². The fourth-order valence-corrected chi connectivity index (χ4v) is 4.60. The van der Waals surface area contributed by atoms with Crippen LogP contribution in [0.1, 0.15) is 72.6 Å². The molecule has 1 heterocycles. The Morgan fingerprint density at radius 2 is 1.77 bits per heavy atom. The third kappa shape index (κ3) is 8.31. The summed E-state index contributed by atoms with van der Waals surface area (Å²) in [7, 11) is 0. The second-order valence-corrected chi connectivity index (χ2v) is 9.91. The maximum Gasteiger partial charge on any atom is 0.408 e. The smallest absolute Gasteiger partial charge is 0.408 e. The number of amides is 3. The van der Waals surface area contributed by atoms with Crippen LogP contribution < -0.4 is 16.0 Å². The van der Waals surface area contributed by atoms with Crippen molar-refractivity contribution in [3.05, 3.63) is 0 Å². The van der Waals surface area contributed by atoms with Gasteiger partial charge in [0.2, 0.25) is 11.8 Å². The first-order valence-corrected chi connectivity index (χ1v) is 11.9. The number of aliphatic hydroxyl groups excluding tert-OH is 1. The molecule has 8 nitrogen and oxygen atoms in total. The highest BCUT2D eigenvalue weighted by Gasteiger charge is 2.31. The average Bonchev–Trinajstić information content (AvgIpc) is 3.11. The zero-order valence-electron chi connectivity index (χ0n) is 19.5. The number of hydrogen-bond acceptors (Lipinski definition) is 5. The number of alkyl carbamates (subject to hydrolysis) is 1. The van der Waals surface area contributed by atoms with E-state index < -0.39 is 18.2 Å². The van der Waals surface area contributed by atoms with Crippen LogP contribution in [0.3, 0.4) is 0 Å². The van der Waals surface area contributed by atoms with E-state index >= 15 is 0 Å². The van der Waals surface area contributed by atoms with Crippen LogP contribution in [0.25, 0.3) is 0 Å². The van der Waals surface area contributed by atoms with E-state index in [1.165, 1.54) is 0 Å². The molecule has 8 heteroatoms. The molecular weight excluding hydrogens is 398 g/mol. The number of carbonyl (C=O) groups is 3. The first kappa shape index (κ1) is 25.4. The predicted molar refractivity (Wildman–Crippen MR) is 118 cm³/mol. The van der Waals surface area contributed by atoms with Crippen molar-refractivity contribution in [3.8, 4) is 0 Å². The van der Waals surface area contributed by atoms with Crippen LogP contribution in [-0.2, 0) is 14.3 Å². The fourth-order valence-electron chi connectivity index (χ4n) is 4.60. The summed E-state index contributed by atoms with van der Waals surface area (Å²) in [5.74, 6) is 0.904. The highest BCUT2D eigenvalue weighted by atomic mass is 16.6. The number of carbonyl (C=O) groups excluding carboxylic acids is 3. The minimum absolute atomic E-state index is 0.0414. The van der Waals surface area contributed by atoms with Gasteiger partial charge in [-0.3, -0.25) is 9.59 Å². The van der Waals surface area contributed by atoms with Crippen LogP contribution in [0.15, 0.2) is 0 Å². The largest absolute Gasteiger partial charge is 0.446 e. The molecule has 4 N–H and O–H groups in total. The molecule has 0 bridgehead atoms. The topological polar surface area (TPSA) is 117 Å². The van der Waals surface area contributed by atoms with E-state index in [0.29, 0.717) is 37.6 Å². The maximum absolute atomic E-state index is 12.9. The van der Waals surface area contributed by atoms with Gasteiger partial charge in [-0.2, -0.15) is 0 Å². The molecule has 0 aromatic carbocycles. The summed E-state index contributed by atoms with van der Waals surface area (Å²) in [6.45, 7) is 8.78. The van der Waals surface area contributed by atoms with Gasteiger partial charge >= 0.3 is 6.09 Å². The standard InChI is InChI=1S/C23H41N3O5/c1-14(2)11-20(22(29)25-18(13-27)12-17-9-10-24-21(17)28)26-23(30)31-19-7-5-16(6-8-19)15(3)4/h14-20,27H,5-13H2,1-4H3,(H,24,28)(H,25,29)(H,26,30). The number of ether oxygens (including phenoxy) is 1. The van der Waals surface area contributed by atoms with Crippen LogP contribution in [0.5, 0.6) is 0 Å². The molecule has 0 spiro atoms. The Hall–Kier alpha value is -1.83.